The van der Waals surface area contributed by atoms with Crippen molar-refractivity contribution >= 4 is 23.6 Å². The number of nitrogens with zero attached hydrogens (tertiary/aromatic N) is 4. The van der Waals surface area contributed by atoms with Crippen LogP contribution in [0.15, 0.2) is 6.20 Å². The van der Waals surface area contributed by atoms with Gasteiger partial charge in [0.1, 0.15) is 10.8 Å². The van der Waals surface area contributed by atoms with E-state index in [0.717, 1.165) is 24.9 Å². The molecule has 1 amide bonds. The third kappa shape index (κ3) is 4.70. The SMILES string of the molecule is Cc1cnc(N(C)CC2CCCN2C(=O)OC(C)(C)C)nc1Cl. The van der Waals surface area contributed by atoms with Gasteiger partial charge in [-0.05, 0) is 40.5 Å². The number of halogens is 1. The van der Waals surface area contributed by atoms with Crippen molar-refractivity contribution in [2.24, 2.45) is 0 Å². The van der Waals surface area contributed by atoms with Crippen molar-refractivity contribution in [3.8, 4) is 0 Å². The first-order valence-corrected chi connectivity index (χ1v) is 8.25. The molecule has 1 aromatic heterocycles. The second-order valence-electron chi connectivity index (χ2n) is 6.99. The molecule has 23 heavy (non-hydrogen) atoms. The van der Waals surface area contributed by atoms with Crippen LogP contribution >= 0.6 is 11.6 Å². The molecule has 0 radical (unpaired) electrons. The zero-order valence-corrected chi connectivity index (χ0v) is 15.2. The Balaban J connectivity index is 2.02. The molecule has 0 spiro atoms. The number of likely N-dealkylation sites (tertiary alicyclic amines) is 1. The summed E-state index contributed by atoms with van der Waals surface area (Å²) in [6.07, 6.45) is 3.38. The normalized spacial score (nSPS) is 18.2. The zero-order chi connectivity index (χ0) is 17.2. The van der Waals surface area contributed by atoms with Crippen molar-refractivity contribution in [3.63, 3.8) is 0 Å². The number of likely N-dealkylation sites (N-methyl/N-ethyl adjacent to an activating group) is 1. The van der Waals surface area contributed by atoms with E-state index in [9.17, 15) is 4.79 Å². The Kier molecular flexibility index (Phi) is 5.34. The molecule has 1 aromatic rings. The van der Waals surface area contributed by atoms with Crippen LogP contribution in [0.1, 0.15) is 39.2 Å². The molecule has 0 aromatic carbocycles. The lowest BCUT2D eigenvalue weighted by atomic mass is 10.2. The Morgan fingerprint density at radius 1 is 1.52 bits per heavy atom. The molecule has 2 heterocycles. The van der Waals surface area contributed by atoms with Crippen LogP contribution in [-0.4, -0.2) is 52.7 Å². The van der Waals surface area contributed by atoms with E-state index in [1.54, 1.807) is 11.1 Å². The monoisotopic (exact) mass is 340 g/mol. The van der Waals surface area contributed by atoms with Gasteiger partial charge >= 0.3 is 6.09 Å². The summed E-state index contributed by atoms with van der Waals surface area (Å²) >= 11 is 6.06. The summed E-state index contributed by atoms with van der Waals surface area (Å²) in [5.41, 5.74) is 0.365. The Bertz CT molecular complexity index is 574. The van der Waals surface area contributed by atoms with Gasteiger partial charge in [-0.15, -0.1) is 0 Å². The lowest BCUT2D eigenvalue weighted by Gasteiger charge is -2.31. The van der Waals surface area contributed by atoms with E-state index in [0.29, 0.717) is 17.6 Å². The van der Waals surface area contributed by atoms with E-state index in [1.807, 2.05) is 39.6 Å². The predicted molar refractivity (Wildman–Crippen MR) is 91.0 cm³/mol. The Labute approximate surface area is 142 Å². The number of rotatable bonds is 3. The molecule has 1 aliphatic rings. The zero-order valence-electron chi connectivity index (χ0n) is 14.5. The minimum atomic E-state index is -0.482. The van der Waals surface area contributed by atoms with E-state index in [1.165, 1.54) is 0 Å². The lowest BCUT2D eigenvalue weighted by Crippen LogP contribution is -2.44. The fourth-order valence-electron chi connectivity index (χ4n) is 2.58. The van der Waals surface area contributed by atoms with Crippen LogP contribution in [0, 0.1) is 6.92 Å². The number of hydrogen-bond acceptors (Lipinski definition) is 5. The molecule has 1 aliphatic heterocycles. The largest absolute Gasteiger partial charge is 0.444 e. The maximum atomic E-state index is 12.3. The molecule has 0 N–H and O–H groups in total. The van der Waals surface area contributed by atoms with Crippen LogP contribution < -0.4 is 4.90 Å². The second kappa shape index (κ2) is 6.91. The highest BCUT2D eigenvalue weighted by Gasteiger charge is 2.33. The molecule has 0 bridgehead atoms. The van der Waals surface area contributed by atoms with Gasteiger partial charge in [0.25, 0.3) is 0 Å². The third-order valence-corrected chi connectivity index (χ3v) is 4.11. The number of carbonyl (C=O) groups is 1. The van der Waals surface area contributed by atoms with E-state index in [-0.39, 0.29) is 12.1 Å². The van der Waals surface area contributed by atoms with Gasteiger partial charge < -0.3 is 14.5 Å². The molecular formula is C16H25ClN4O2. The van der Waals surface area contributed by atoms with Crippen LogP contribution in [0.5, 0.6) is 0 Å². The van der Waals surface area contributed by atoms with Crippen molar-refractivity contribution in [2.75, 3.05) is 25.0 Å². The first-order valence-electron chi connectivity index (χ1n) is 7.87. The Hall–Kier alpha value is -1.56. The Morgan fingerprint density at radius 2 is 2.22 bits per heavy atom. The molecule has 1 fully saturated rings. The molecule has 1 atom stereocenters. The highest BCUT2D eigenvalue weighted by Crippen LogP contribution is 2.23. The van der Waals surface area contributed by atoms with Gasteiger partial charge in [0, 0.05) is 31.9 Å². The molecular weight excluding hydrogens is 316 g/mol. The molecule has 7 heteroatoms. The van der Waals surface area contributed by atoms with Crippen molar-refractivity contribution < 1.29 is 9.53 Å². The summed E-state index contributed by atoms with van der Waals surface area (Å²) in [4.78, 5) is 24.6. The molecule has 0 aliphatic carbocycles. The average molecular weight is 341 g/mol. The van der Waals surface area contributed by atoms with Crippen molar-refractivity contribution in [2.45, 2.75) is 52.2 Å². The molecule has 6 nitrogen and oxygen atoms in total. The summed E-state index contributed by atoms with van der Waals surface area (Å²) in [7, 11) is 1.91. The maximum Gasteiger partial charge on any atom is 0.410 e. The standard InChI is InChI=1S/C16H25ClN4O2/c1-11-9-18-14(19-13(11)17)20(5)10-12-7-6-8-21(12)15(22)23-16(2,3)4/h9,12H,6-8,10H2,1-5H3. The quantitative estimate of drug-likeness (QED) is 0.790. The van der Waals surface area contributed by atoms with Crippen LogP contribution in [0.25, 0.3) is 0 Å². The average Bonchev–Trinajstić information content (AvgIpc) is 2.88. The number of ether oxygens (including phenoxy) is 1. The minimum absolute atomic E-state index is 0.0959. The smallest absolute Gasteiger partial charge is 0.410 e. The highest BCUT2D eigenvalue weighted by atomic mass is 35.5. The number of amides is 1. The van der Waals surface area contributed by atoms with Gasteiger partial charge in [-0.25, -0.2) is 14.8 Å². The van der Waals surface area contributed by atoms with E-state index >= 15 is 0 Å². The van der Waals surface area contributed by atoms with Crippen LogP contribution in [0.4, 0.5) is 10.7 Å². The minimum Gasteiger partial charge on any atom is -0.444 e. The van der Waals surface area contributed by atoms with Gasteiger partial charge in [0.05, 0.1) is 6.04 Å². The molecule has 1 unspecified atom stereocenters. The van der Waals surface area contributed by atoms with Gasteiger partial charge in [-0.2, -0.15) is 0 Å². The predicted octanol–water partition coefficient (Wildman–Crippen LogP) is 3.27. The summed E-state index contributed by atoms with van der Waals surface area (Å²) in [6.45, 7) is 8.88. The fourth-order valence-corrected chi connectivity index (χ4v) is 2.71. The molecule has 0 saturated carbocycles. The first kappa shape index (κ1) is 17.8. The van der Waals surface area contributed by atoms with Crippen molar-refractivity contribution in [1.29, 1.82) is 0 Å². The summed E-state index contributed by atoms with van der Waals surface area (Å²) in [6, 6.07) is 0.0959. The number of aromatic nitrogens is 2. The van der Waals surface area contributed by atoms with Gasteiger partial charge in [0.15, 0.2) is 0 Å². The lowest BCUT2D eigenvalue weighted by molar-refractivity contribution is 0.0231. The first-order chi connectivity index (χ1) is 10.7. The summed E-state index contributed by atoms with van der Waals surface area (Å²) < 4.78 is 5.49. The fraction of sp³-hybridized carbons (Fsp3) is 0.688. The van der Waals surface area contributed by atoms with E-state index in [2.05, 4.69) is 9.97 Å². The molecule has 2 rings (SSSR count). The van der Waals surface area contributed by atoms with Crippen LogP contribution in [0.2, 0.25) is 5.15 Å². The summed E-state index contributed by atoms with van der Waals surface area (Å²) in [5.74, 6) is 0.566. The van der Waals surface area contributed by atoms with Crippen LogP contribution in [0.3, 0.4) is 0 Å². The van der Waals surface area contributed by atoms with Gasteiger partial charge in [-0.1, -0.05) is 11.6 Å². The third-order valence-electron chi connectivity index (χ3n) is 3.73. The number of aryl methyl sites for hydroxylation is 1. The molecule has 1 saturated heterocycles. The maximum absolute atomic E-state index is 12.3. The second-order valence-corrected chi connectivity index (χ2v) is 7.35. The number of anilines is 1. The van der Waals surface area contributed by atoms with Crippen LogP contribution in [-0.2, 0) is 4.74 Å². The highest BCUT2D eigenvalue weighted by molar-refractivity contribution is 6.30. The van der Waals surface area contributed by atoms with Crippen molar-refractivity contribution in [1.82, 2.24) is 14.9 Å². The number of carbonyl (C=O) groups excluding carboxylic acids is 1. The Morgan fingerprint density at radius 3 is 2.83 bits per heavy atom. The summed E-state index contributed by atoms with van der Waals surface area (Å²) in [5, 5.41) is 0.456. The topological polar surface area (TPSA) is 58.6 Å². The number of hydrogen-bond donors (Lipinski definition) is 0. The van der Waals surface area contributed by atoms with E-state index in [4.69, 9.17) is 16.3 Å². The van der Waals surface area contributed by atoms with Gasteiger partial charge in [0.2, 0.25) is 5.95 Å². The van der Waals surface area contributed by atoms with Crippen molar-refractivity contribution in [3.05, 3.63) is 16.9 Å². The molecule has 128 valence electrons. The van der Waals surface area contributed by atoms with Gasteiger partial charge in [-0.3, -0.25) is 0 Å². The van der Waals surface area contributed by atoms with E-state index < -0.39 is 5.60 Å².